The lowest BCUT2D eigenvalue weighted by Crippen LogP contribution is -2.35. The number of carbonyl (C=O) groups excluding carboxylic acids is 2. The number of aryl methyl sites for hydroxylation is 1. The zero-order valence-electron chi connectivity index (χ0n) is 36.6. The SMILES string of the molecule is CCOC(=O)[C@@]1(C)CSC(c2ccc(O)cc2O)=N1.CCOC(=O)[C@@]1(C)CSC(c2ccc(OCCOCCOC)cc2O)=N1.COCCOCCOS(=O)(=O)c1ccc(C)cc1. The summed E-state index contributed by atoms with van der Waals surface area (Å²) < 4.78 is 64.0. The number of esters is 2. The molecule has 63 heavy (non-hydrogen) atoms. The molecule has 0 saturated carbocycles. The lowest BCUT2D eigenvalue weighted by Gasteiger charge is -2.16. The Morgan fingerprint density at radius 1 is 0.667 bits per heavy atom. The third kappa shape index (κ3) is 16.9. The number of phenols is 3. The van der Waals surface area contributed by atoms with E-state index in [1.165, 1.54) is 53.9 Å². The Hall–Kier alpha value is -4.41. The van der Waals surface area contributed by atoms with Crippen LogP contribution in [0.4, 0.5) is 0 Å². The van der Waals surface area contributed by atoms with Crippen LogP contribution in [0.25, 0.3) is 0 Å². The molecule has 0 aliphatic carbocycles. The fourth-order valence-electron chi connectivity index (χ4n) is 5.22. The van der Waals surface area contributed by atoms with Crippen molar-refractivity contribution in [2.75, 3.05) is 91.8 Å². The number of aliphatic imine (C=N–C) groups is 2. The molecule has 2 aliphatic rings. The van der Waals surface area contributed by atoms with Gasteiger partial charge in [0, 0.05) is 49.0 Å². The van der Waals surface area contributed by atoms with Crippen LogP contribution < -0.4 is 4.74 Å². The number of ether oxygens (including phenoxy) is 7. The van der Waals surface area contributed by atoms with E-state index in [2.05, 4.69) is 9.98 Å². The molecule has 20 heteroatoms. The molecular weight excluding hydrogens is 881 g/mol. The largest absolute Gasteiger partial charge is 0.508 e. The predicted octanol–water partition coefficient (Wildman–Crippen LogP) is 5.53. The van der Waals surface area contributed by atoms with Crippen LogP contribution in [-0.2, 0) is 52.3 Å². The highest BCUT2D eigenvalue weighted by Gasteiger charge is 2.41. The van der Waals surface area contributed by atoms with Crippen LogP contribution in [0.3, 0.4) is 0 Å². The Morgan fingerprint density at radius 2 is 1.14 bits per heavy atom. The normalized spacial score (nSPS) is 18.0. The number of thioether (sulfide) groups is 2. The molecule has 0 aromatic heterocycles. The van der Waals surface area contributed by atoms with Crippen molar-refractivity contribution in [3.63, 3.8) is 0 Å². The zero-order valence-corrected chi connectivity index (χ0v) is 39.1. The third-order valence-corrected chi connectivity index (χ3v) is 12.6. The van der Waals surface area contributed by atoms with Gasteiger partial charge in [0.2, 0.25) is 0 Å². The second-order valence-electron chi connectivity index (χ2n) is 13.9. The van der Waals surface area contributed by atoms with E-state index in [0.29, 0.717) is 91.3 Å². The zero-order chi connectivity index (χ0) is 46.5. The van der Waals surface area contributed by atoms with Gasteiger partial charge in [-0.25, -0.2) is 9.59 Å². The quantitative estimate of drug-likeness (QED) is 0.0678. The third-order valence-electron chi connectivity index (χ3n) is 8.65. The molecule has 2 heterocycles. The van der Waals surface area contributed by atoms with Crippen molar-refractivity contribution in [3.8, 4) is 23.0 Å². The summed E-state index contributed by atoms with van der Waals surface area (Å²) >= 11 is 2.81. The Labute approximate surface area is 377 Å². The first kappa shape index (κ1) is 52.9. The molecule has 348 valence electrons. The highest BCUT2D eigenvalue weighted by atomic mass is 32.2. The molecular formula is C43H58N2O15S3. The Bertz CT molecular complexity index is 2100. The van der Waals surface area contributed by atoms with E-state index in [1.54, 1.807) is 72.2 Å². The number of methoxy groups -OCH3 is 2. The molecule has 5 rings (SSSR count). The molecule has 0 saturated heterocycles. The van der Waals surface area contributed by atoms with Gasteiger partial charge in [-0.3, -0.25) is 14.2 Å². The van der Waals surface area contributed by atoms with Crippen molar-refractivity contribution >= 4 is 55.7 Å². The molecule has 17 nitrogen and oxygen atoms in total. The van der Waals surface area contributed by atoms with Crippen LogP contribution in [0, 0.1) is 6.92 Å². The number of hydrogen-bond donors (Lipinski definition) is 3. The van der Waals surface area contributed by atoms with Gasteiger partial charge >= 0.3 is 11.9 Å². The van der Waals surface area contributed by atoms with Crippen LogP contribution in [0.5, 0.6) is 23.0 Å². The van der Waals surface area contributed by atoms with E-state index in [4.69, 9.17) is 37.3 Å². The summed E-state index contributed by atoms with van der Waals surface area (Å²) in [7, 11) is -0.492. The van der Waals surface area contributed by atoms with Gasteiger partial charge in [0.15, 0.2) is 11.1 Å². The van der Waals surface area contributed by atoms with Gasteiger partial charge in [-0.05, 0) is 71.0 Å². The second-order valence-corrected chi connectivity index (χ2v) is 17.5. The summed E-state index contributed by atoms with van der Waals surface area (Å²) in [6.07, 6.45) is 0. The van der Waals surface area contributed by atoms with Crippen molar-refractivity contribution in [2.45, 2.75) is 50.6 Å². The fraction of sp³-hybridized carbons (Fsp3) is 0.488. The van der Waals surface area contributed by atoms with E-state index >= 15 is 0 Å². The number of rotatable bonds is 21. The van der Waals surface area contributed by atoms with Gasteiger partial charge in [-0.15, -0.1) is 23.5 Å². The number of carbonyl (C=O) groups is 2. The van der Waals surface area contributed by atoms with Gasteiger partial charge in [0.05, 0.1) is 64.4 Å². The van der Waals surface area contributed by atoms with Crippen molar-refractivity contribution in [1.29, 1.82) is 0 Å². The first-order valence-corrected chi connectivity index (χ1v) is 23.3. The maximum atomic E-state index is 12.1. The van der Waals surface area contributed by atoms with Crippen molar-refractivity contribution in [1.82, 2.24) is 0 Å². The molecule has 3 aromatic rings. The lowest BCUT2D eigenvalue weighted by molar-refractivity contribution is -0.148. The molecule has 2 aliphatic heterocycles. The highest BCUT2D eigenvalue weighted by Crippen LogP contribution is 2.37. The molecule has 3 N–H and O–H groups in total. The standard InChI is InChI=1S/C18H25NO6S.C13H15NO4S.C12H18O5S/c1-4-24-17(21)18(2)12-26-16(19-18)14-6-5-13(11-15(14)20)25-10-9-23-8-7-22-3;1-3-18-12(17)13(2)7-19-11(14-13)9-5-4-8(15)6-10(9)16;1-11-3-5-12(6-4-11)18(13,14)17-10-9-16-8-7-15-2/h5-6,11,20H,4,7-10,12H2,1-3H3;4-6,15-16H,3,7H2,1-2H3;3-6H,7-10H2,1-2H3/t18-;13-;/m11./s1. The van der Waals surface area contributed by atoms with Gasteiger partial charge < -0.3 is 48.5 Å². The van der Waals surface area contributed by atoms with E-state index in [-0.39, 0.29) is 47.3 Å². The van der Waals surface area contributed by atoms with Crippen molar-refractivity contribution in [3.05, 3.63) is 77.4 Å². The average Bonchev–Trinajstić information content (AvgIpc) is 3.85. The fourth-order valence-corrected chi connectivity index (χ4v) is 8.50. The lowest BCUT2D eigenvalue weighted by atomic mass is 10.1. The molecule has 3 aromatic carbocycles. The number of hydrogen-bond acceptors (Lipinski definition) is 19. The van der Waals surface area contributed by atoms with Gasteiger partial charge in [0.25, 0.3) is 10.1 Å². The minimum atomic E-state index is -3.68. The summed E-state index contributed by atoms with van der Waals surface area (Å²) in [5.74, 6) is 0.767. The predicted molar refractivity (Wildman–Crippen MR) is 241 cm³/mol. The number of aromatic hydroxyl groups is 3. The average molecular weight is 939 g/mol. The first-order chi connectivity index (χ1) is 30.0. The summed E-state index contributed by atoms with van der Waals surface area (Å²) in [5, 5.41) is 30.5. The number of phenolic OH excluding ortho intramolecular Hbond substituents is 3. The van der Waals surface area contributed by atoms with Crippen molar-refractivity contribution < 1.29 is 70.7 Å². The van der Waals surface area contributed by atoms with Crippen LogP contribution in [0.1, 0.15) is 44.4 Å². The molecule has 0 unspecified atom stereocenters. The van der Waals surface area contributed by atoms with E-state index < -0.39 is 21.2 Å². The van der Waals surface area contributed by atoms with Crippen molar-refractivity contribution in [2.24, 2.45) is 9.98 Å². The second kappa shape index (κ2) is 26.4. The molecule has 0 spiro atoms. The van der Waals surface area contributed by atoms with Crippen LogP contribution in [0.2, 0.25) is 0 Å². The summed E-state index contributed by atoms with van der Waals surface area (Å²) in [5.41, 5.74) is 0.247. The molecule has 0 bridgehead atoms. The molecule has 0 fully saturated rings. The summed E-state index contributed by atoms with van der Waals surface area (Å²) in [6, 6.07) is 15.8. The molecule has 0 amide bonds. The summed E-state index contributed by atoms with van der Waals surface area (Å²) in [4.78, 5) is 32.9. The van der Waals surface area contributed by atoms with Crippen LogP contribution in [0.15, 0.2) is 75.5 Å². The smallest absolute Gasteiger partial charge is 0.334 e. The minimum absolute atomic E-state index is 0.0000753. The molecule has 2 atom stereocenters. The van der Waals surface area contributed by atoms with E-state index in [1.807, 2.05) is 6.92 Å². The number of benzene rings is 3. The van der Waals surface area contributed by atoms with Gasteiger partial charge in [-0.1, -0.05) is 17.7 Å². The Balaban J connectivity index is 0.000000257. The maximum absolute atomic E-state index is 12.1. The Morgan fingerprint density at radius 3 is 1.62 bits per heavy atom. The number of nitrogens with zero attached hydrogens (tertiary/aromatic N) is 2. The van der Waals surface area contributed by atoms with Gasteiger partial charge in [-0.2, -0.15) is 8.42 Å². The van der Waals surface area contributed by atoms with E-state index in [9.17, 15) is 33.3 Å². The Kier molecular flexibility index (Phi) is 22.2. The van der Waals surface area contributed by atoms with Gasteiger partial charge in [0.1, 0.15) is 39.7 Å². The first-order valence-electron chi connectivity index (χ1n) is 19.9. The highest BCUT2D eigenvalue weighted by molar-refractivity contribution is 8.15. The minimum Gasteiger partial charge on any atom is -0.508 e. The topological polar surface area (TPSA) is 228 Å². The van der Waals surface area contributed by atoms with E-state index in [0.717, 1.165) is 5.56 Å². The molecule has 0 radical (unpaired) electrons. The summed E-state index contributed by atoms with van der Waals surface area (Å²) in [6.45, 7) is 12.5. The monoisotopic (exact) mass is 938 g/mol. The maximum Gasteiger partial charge on any atom is 0.334 e. The van der Waals surface area contributed by atoms with Crippen LogP contribution in [-0.4, -0.2) is 149 Å². The van der Waals surface area contributed by atoms with Crippen LogP contribution >= 0.6 is 23.5 Å².